The number of nitrogens with one attached hydrogen (secondary N) is 2. The molecule has 2 aliphatic rings. The topological polar surface area (TPSA) is 117 Å². The fourth-order valence-corrected chi connectivity index (χ4v) is 4.61. The molecule has 188 valence electrons. The SMILES string of the molecule is CC(C)[C@H](NC(=O)O)C(=O)N1CCC[C@H]1c1cnc(-c2ccc(B3OC(C)(C)C(C)(C)O3)cc2)[nH]1. The highest BCUT2D eigenvalue weighted by molar-refractivity contribution is 6.62. The van der Waals surface area contributed by atoms with Crippen molar-refractivity contribution in [3.05, 3.63) is 36.2 Å². The van der Waals surface area contributed by atoms with Gasteiger partial charge >= 0.3 is 13.2 Å². The summed E-state index contributed by atoms with van der Waals surface area (Å²) in [4.78, 5) is 34.1. The van der Waals surface area contributed by atoms with Crippen LogP contribution in [0, 0.1) is 5.92 Å². The lowest BCUT2D eigenvalue weighted by atomic mass is 9.79. The summed E-state index contributed by atoms with van der Waals surface area (Å²) in [5, 5.41) is 11.5. The molecule has 10 heteroatoms. The van der Waals surface area contributed by atoms with E-state index in [0.717, 1.165) is 29.6 Å². The first-order valence-electron chi connectivity index (χ1n) is 12.2. The van der Waals surface area contributed by atoms with Crippen LogP contribution < -0.4 is 10.8 Å². The summed E-state index contributed by atoms with van der Waals surface area (Å²) in [7, 11) is -0.424. The maximum atomic E-state index is 13.2. The minimum Gasteiger partial charge on any atom is -0.465 e. The van der Waals surface area contributed by atoms with Gasteiger partial charge in [0.15, 0.2) is 0 Å². The van der Waals surface area contributed by atoms with E-state index in [9.17, 15) is 9.59 Å². The Morgan fingerprint density at radius 3 is 2.37 bits per heavy atom. The van der Waals surface area contributed by atoms with E-state index in [-0.39, 0.29) is 17.9 Å². The third-order valence-electron chi connectivity index (χ3n) is 7.41. The van der Waals surface area contributed by atoms with Crippen molar-refractivity contribution in [1.29, 1.82) is 0 Å². The minimum absolute atomic E-state index is 0.153. The number of aromatic nitrogens is 2. The van der Waals surface area contributed by atoms with E-state index in [1.54, 1.807) is 11.1 Å². The second-order valence-corrected chi connectivity index (χ2v) is 10.8. The summed E-state index contributed by atoms with van der Waals surface area (Å²) in [6, 6.07) is 6.98. The number of hydrogen-bond acceptors (Lipinski definition) is 5. The number of imidazole rings is 1. The van der Waals surface area contributed by atoms with Gasteiger partial charge in [-0.2, -0.15) is 0 Å². The summed E-state index contributed by atoms with van der Waals surface area (Å²) in [5.41, 5.74) is 1.91. The number of carbonyl (C=O) groups excluding carboxylic acids is 1. The van der Waals surface area contributed by atoms with Gasteiger partial charge in [-0.1, -0.05) is 38.1 Å². The lowest BCUT2D eigenvalue weighted by molar-refractivity contribution is -0.135. The molecule has 2 atom stereocenters. The fraction of sp³-hybridized carbons (Fsp3) is 0.560. The Morgan fingerprint density at radius 1 is 1.17 bits per heavy atom. The molecular weight excluding hydrogens is 447 g/mol. The van der Waals surface area contributed by atoms with Gasteiger partial charge in [0, 0.05) is 12.1 Å². The molecular formula is C25H35BN4O5. The maximum absolute atomic E-state index is 13.2. The van der Waals surface area contributed by atoms with Gasteiger partial charge < -0.3 is 29.6 Å². The van der Waals surface area contributed by atoms with Gasteiger partial charge in [-0.15, -0.1) is 0 Å². The molecule has 35 heavy (non-hydrogen) atoms. The third kappa shape index (κ3) is 4.95. The van der Waals surface area contributed by atoms with Crippen molar-refractivity contribution in [3.63, 3.8) is 0 Å². The van der Waals surface area contributed by atoms with Crippen molar-refractivity contribution in [2.24, 2.45) is 5.92 Å². The molecule has 0 aliphatic carbocycles. The molecule has 2 saturated heterocycles. The molecule has 2 aromatic rings. The molecule has 1 aromatic carbocycles. The average Bonchev–Trinajstić information content (AvgIpc) is 3.49. The van der Waals surface area contributed by atoms with Crippen LogP contribution in [0.25, 0.3) is 11.4 Å². The van der Waals surface area contributed by atoms with E-state index in [2.05, 4.69) is 15.3 Å². The standard InChI is InChI=1S/C25H35BN4O5/c1-15(2)20(29-23(32)33)22(31)30-13-7-8-19(30)18-14-27-21(28-18)16-9-11-17(12-10-16)26-34-24(3,4)25(5,6)35-26/h9-12,14-15,19-20,29H,7-8,13H2,1-6H3,(H,27,28)(H,32,33)/t19-,20-/m0/s1. The number of H-pyrrole nitrogens is 1. The lowest BCUT2D eigenvalue weighted by Gasteiger charge is -2.32. The number of amides is 2. The zero-order valence-electron chi connectivity index (χ0n) is 21.3. The zero-order valence-corrected chi connectivity index (χ0v) is 21.3. The smallest absolute Gasteiger partial charge is 0.465 e. The highest BCUT2D eigenvalue weighted by atomic mass is 16.7. The molecule has 1 aromatic heterocycles. The van der Waals surface area contributed by atoms with Gasteiger partial charge in [-0.05, 0) is 51.9 Å². The van der Waals surface area contributed by atoms with Crippen molar-refractivity contribution in [1.82, 2.24) is 20.2 Å². The normalized spacial score (nSPS) is 22.0. The van der Waals surface area contributed by atoms with Gasteiger partial charge in [0.25, 0.3) is 0 Å². The summed E-state index contributed by atoms with van der Waals surface area (Å²) >= 11 is 0. The Balaban J connectivity index is 1.49. The number of nitrogens with zero attached hydrogens (tertiary/aromatic N) is 2. The predicted octanol–water partition coefficient (Wildman–Crippen LogP) is 3.33. The number of benzene rings is 1. The Morgan fingerprint density at radius 2 is 1.80 bits per heavy atom. The number of carbonyl (C=O) groups is 2. The van der Waals surface area contributed by atoms with Gasteiger partial charge in [0.05, 0.1) is 29.1 Å². The van der Waals surface area contributed by atoms with Crippen LogP contribution in [0.4, 0.5) is 4.79 Å². The quantitative estimate of drug-likeness (QED) is 0.544. The summed E-state index contributed by atoms with van der Waals surface area (Å²) in [6.45, 7) is 12.4. The first-order chi connectivity index (χ1) is 16.4. The van der Waals surface area contributed by atoms with Crippen LogP contribution >= 0.6 is 0 Å². The van der Waals surface area contributed by atoms with Gasteiger partial charge in [-0.3, -0.25) is 4.79 Å². The van der Waals surface area contributed by atoms with Crippen molar-refractivity contribution < 1.29 is 24.0 Å². The molecule has 3 N–H and O–H groups in total. The van der Waals surface area contributed by atoms with Crippen LogP contribution in [0.3, 0.4) is 0 Å². The van der Waals surface area contributed by atoms with Gasteiger partial charge in [0.1, 0.15) is 11.9 Å². The molecule has 2 fully saturated rings. The molecule has 4 rings (SSSR count). The molecule has 3 heterocycles. The molecule has 9 nitrogen and oxygen atoms in total. The Labute approximate surface area is 206 Å². The summed E-state index contributed by atoms with van der Waals surface area (Å²) in [6.07, 6.45) is 2.22. The number of rotatable bonds is 6. The van der Waals surface area contributed by atoms with Crippen molar-refractivity contribution in [3.8, 4) is 11.4 Å². The maximum Gasteiger partial charge on any atom is 0.494 e. The van der Waals surface area contributed by atoms with E-state index in [4.69, 9.17) is 14.4 Å². The van der Waals surface area contributed by atoms with Crippen LogP contribution in [-0.2, 0) is 14.1 Å². The molecule has 0 unspecified atom stereocenters. The lowest BCUT2D eigenvalue weighted by Crippen LogP contribution is -2.50. The minimum atomic E-state index is -1.19. The second-order valence-electron chi connectivity index (χ2n) is 10.8. The molecule has 2 aliphatic heterocycles. The number of carboxylic acid groups (broad SMARTS) is 1. The first-order valence-corrected chi connectivity index (χ1v) is 12.2. The van der Waals surface area contributed by atoms with Gasteiger partial charge in [-0.25, -0.2) is 9.78 Å². The Kier molecular flexibility index (Phi) is 6.72. The van der Waals surface area contributed by atoms with E-state index in [1.165, 1.54) is 0 Å². The van der Waals surface area contributed by atoms with Crippen molar-refractivity contribution in [2.45, 2.75) is 77.7 Å². The van der Waals surface area contributed by atoms with Crippen molar-refractivity contribution in [2.75, 3.05) is 6.54 Å². The average molecular weight is 482 g/mol. The van der Waals surface area contributed by atoms with E-state index < -0.39 is 30.5 Å². The highest BCUT2D eigenvalue weighted by Gasteiger charge is 2.51. The van der Waals surface area contributed by atoms with Crippen molar-refractivity contribution >= 4 is 24.6 Å². The number of hydrogen-bond donors (Lipinski definition) is 3. The fourth-order valence-electron chi connectivity index (χ4n) is 4.61. The number of likely N-dealkylation sites (tertiary alicyclic amines) is 1. The van der Waals surface area contributed by atoms with E-state index in [1.807, 2.05) is 65.8 Å². The van der Waals surface area contributed by atoms with E-state index in [0.29, 0.717) is 12.4 Å². The van der Waals surface area contributed by atoms with Crippen LogP contribution in [0.2, 0.25) is 0 Å². The molecule has 0 radical (unpaired) electrons. The largest absolute Gasteiger partial charge is 0.494 e. The van der Waals surface area contributed by atoms with Crippen LogP contribution in [0.5, 0.6) is 0 Å². The van der Waals surface area contributed by atoms with Gasteiger partial charge in [0.2, 0.25) is 5.91 Å². The second kappa shape index (κ2) is 9.31. The van der Waals surface area contributed by atoms with Crippen LogP contribution in [-0.4, -0.2) is 62.9 Å². The number of aromatic amines is 1. The molecule has 0 bridgehead atoms. The first kappa shape index (κ1) is 25.3. The van der Waals surface area contributed by atoms with E-state index >= 15 is 0 Å². The predicted molar refractivity (Wildman–Crippen MR) is 133 cm³/mol. The van der Waals surface area contributed by atoms with Crippen LogP contribution in [0.15, 0.2) is 30.5 Å². The Hall–Kier alpha value is -2.85. The summed E-state index contributed by atoms with van der Waals surface area (Å²) < 4.78 is 12.3. The molecule has 0 saturated carbocycles. The summed E-state index contributed by atoms with van der Waals surface area (Å²) in [5.74, 6) is 0.358. The third-order valence-corrected chi connectivity index (χ3v) is 7.41. The van der Waals surface area contributed by atoms with Crippen LogP contribution in [0.1, 0.15) is 66.1 Å². The zero-order chi connectivity index (χ0) is 25.5. The molecule has 0 spiro atoms. The highest BCUT2D eigenvalue weighted by Crippen LogP contribution is 2.37. The molecule has 2 amide bonds. The Bertz CT molecular complexity index is 1070. The monoisotopic (exact) mass is 482 g/mol.